The SMILES string of the molecule is CCOCCn1c(=O)c2c(nc3n2CCCN3c2ccc(OC)c(Cl)c2)n(C)c1=O. The minimum atomic E-state index is -0.401. The minimum absolute atomic E-state index is 0.202. The molecule has 1 aliphatic rings. The van der Waals surface area contributed by atoms with E-state index in [-0.39, 0.29) is 12.1 Å². The lowest BCUT2D eigenvalue weighted by atomic mass is 10.2. The molecule has 0 radical (unpaired) electrons. The van der Waals surface area contributed by atoms with Gasteiger partial charge in [-0.1, -0.05) is 11.6 Å². The maximum atomic E-state index is 13.2. The van der Waals surface area contributed by atoms with Gasteiger partial charge in [-0.3, -0.25) is 13.9 Å². The van der Waals surface area contributed by atoms with E-state index in [0.29, 0.717) is 47.6 Å². The Morgan fingerprint density at radius 2 is 2.03 bits per heavy atom. The van der Waals surface area contributed by atoms with Gasteiger partial charge in [0, 0.05) is 32.4 Å². The summed E-state index contributed by atoms with van der Waals surface area (Å²) in [6.07, 6.45) is 0.823. The van der Waals surface area contributed by atoms with E-state index in [2.05, 4.69) is 4.98 Å². The summed E-state index contributed by atoms with van der Waals surface area (Å²) in [5.74, 6) is 1.21. The zero-order valence-electron chi connectivity index (χ0n) is 17.2. The van der Waals surface area contributed by atoms with Gasteiger partial charge >= 0.3 is 5.69 Å². The fraction of sp³-hybridized carbons (Fsp3) is 0.450. The highest BCUT2D eigenvalue weighted by molar-refractivity contribution is 6.32. The maximum absolute atomic E-state index is 13.2. The van der Waals surface area contributed by atoms with E-state index in [4.69, 9.17) is 21.1 Å². The first-order valence-electron chi connectivity index (χ1n) is 9.86. The van der Waals surface area contributed by atoms with Gasteiger partial charge < -0.3 is 18.9 Å². The number of ether oxygens (including phenoxy) is 2. The van der Waals surface area contributed by atoms with Crippen molar-refractivity contribution in [3.05, 3.63) is 44.1 Å². The molecule has 0 spiro atoms. The summed E-state index contributed by atoms with van der Waals surface area (Å²) in [6, 6.07) is 5.52. The first-order chi connectivity index (χ1) is 14.5. The third-order valence-corrected chi connectivity index (χ3v) is 5.62. The van der Waals surface area contributed by atoms with Crippen LogP contribution in [0.1, 0.15) is 13.3 Å². The second-order valence-corrected chi connectivity index (χ2v) is 7.46. The molecule has 10 heteroatoms. The number of rotatable bonds is 6. The number of benzene rings is 1. The van der Waals surface area contributed by atoms with Gasteiger partial charge in [0.25, 0.3) is 5.56 Å². The third-order valence-electron chi connectivity index (χ3n) is 5.33. The van der Waals surface area contributed by atoms with Crippen molar-refractivity contribution in [2.75, 3.05) is 31.8 Å². The Morgan fingerprint density at radius 3 is 2.73 bits per heavy atom. The summed E-state index contributed by atoms with van der Waals surface area (Å²) in [5, 5.41) is 0.494. The van der Waals surface area contributed by atoms with Gasteiger partial charge in [0.2, 0.25) is 5.95 Å². The number of nitrogens with zero attached hydrogens (tertiary/aromatic N) is 5. The minimum Gasteiger partial charge on any atom is -0.495 e. The molecular weight excluding hydrogens is 410 g/mol. The maximum Gasteiger partial charge on any atom is 0.332 e. The number of hydrogen-bond acceptors (Lipinski definition) is 6. The molecule has 0 saturated carbocycles. The van der Waals surface area contributed by atoms with Crippen molar-refractivity contribution in [1.29, 1.82) is 0 Å². The van der Waals surface area contributed by atoms with Crippen molar-refractivity contribution in [3.8, 4) is 5.75 Å². The normalized spacial score (nSPS) is 13.7. The second-order valence-electron chi connectivity index (χ2n) is 7.06. The van der Waals surface area contributed by atoms with Crippen LogP contribution in [-0.4, -0.2) is 45.6 Å². The van der Waals surface area contributed by atoms with Gasteiger partial charge in [-0.25, -0.2) is 4.79 Å². The molecule has 30 heavy (non-hydrogen) atoms. The van der Waals surface area contributed by atoms with Crippen LogP contribution in [0.5, 0.6) is 5.75 Å². The molecule has 3 heterocycles. The molecular formula is C20H24ClN5O4. The van der Waals surface area contributed by atoms with Crippen LogP contribution in [0, 0.1) is 0 Å². The summed E-state index contributed by atoms with van der Waals surface area (Å²) in [7, 11) is 3.20. The molecule has 0 fully saturated rings. The predicted octanol–water partition coefficient (Wildman–Crippen LogP) is 2.14. The zero-order valence-corrected chi connectivity index (χ0v) is 18.0. The number of fused-ring (bicyclic) bond motifs is 3. The number of anilines is 2. The van der Waals surface area contributed by atoms with Crippen molar-refractivity contribution in [2.45, 2.75) is 26.4 Å². The van der Waals surface area contributed by atoms with Crippen molar-refractivity contribution in [3.63, 3.8) is 0 Å². The van der Waals surface area contributed by atoms with Crippen molar-refractivity contribution >= 4 is 34.4 Å². The fourth-order valence-corrected chi connectivity index (χ4v) is 4.08. The van der Waals surface area contributed by atoms with Crippen LogP contribution in [0.3, 0.4) is 0 Å². The van der Waals surface area contributed by atoms with Crippen LogP contribution in [0.2, 0.25) is 5.02 Å². The molecule has 1 aromatic carbocycles. The Bertz CT molecular complexity index is 1210. The summed E-state index contributed by atoms with van der Waals surface area (Å²) < 4.78 is 15.1. The van der Waals surface area contributed by atoms with Gasteiger partial charge in [-0.05, 0) is 31.5 Å². The Kier molecular flexibility index (Phi) is 5.57. The Labute approximate surface area is 178 Å². The largest absolute Gasteiger partial charge is 0.495 e. The topological polar surface area (TPSA) is 83.5 Å². The summed E-state index contributed by atoms with van der Waals surface area (Å²) >= 11 is 6.32. The quantitative estimate of drug-likeness (QED) is 0.554. The van der Waals surface area contributed by atoms with Gasteiger partial charge in [0.15, 0.2) is 11.2 Å². The summed E-state index contributed by atoms with van der Waals surface area (Å²) in [6.45, 7) is 4.27. The van der Waals surface area contributed by atoms with Crippen LogP contribution in [0.25, 0.3) is 11.2 Å². The molecule has 0 atom stereocenters. The van der Waals surface area contributed by atoms with Crippen LogP contribution in [0.15, 0.2) is 27.8 Å². The molecule has 0 saturated heterocycles. The van der Waals surface area contributed by atoms with Crippen LogP contribution >= 0.6 is 11.6 Å². The molecule has 0 amide bonds. The molecule has 2 aromatic heterocycles. The Balaban J connectivity index is 1.87. The molecule has 0 N–H and O–H groups in total. The van der Waals surface area contributed by atoms with E-state index in [1.165, 1.54) is 9.13 Å². The lowest BCUT2D eigenvalue weighted by Crippen LogP contribution is -2.40. The van der Waals surface area contributed by atoms with Gasteiger partial charge in [-0.2, -0.15) is 4.98 Å². The molecule has 1 aliphatic heterocycles. The molecule has 4 rings (SSSR count). The Hall–Kier alpha value is -2.78. The van der Waals surface area contributed by atoms with Gasteiger partial charge in [-0.15, -0.1) is 0 Å². The van der Waals surface area contributed by atoms with Gasteiger partial charge in [0.1, 0.15) is 5.75 Å². The number of methoxy groups -OCH3 is 1. The molecule has 0 bridgehead atoms. The molecule has 9 nitrogen and oxygen atoms in total. The third kappa shape index (κ3) is 3.27. The predicted molar refractivity (Wildman–Crippen MR) is 115 cm³/mol. The standard InChI is InChI=1S/C20H24ClN5O4/c1-4-30-11-10-26-18(27)16-17(23(2)20(26)28)22-19-24(8-5-9-25(16)19)13-6-7-15(29-3)14(21)12-13/h6-7,12H,4-5,8-11H2,1-3H3. The number of hydrogen-bond donors (Lipinski definition) is 0. The average molecular weight is 434 g/mol. The fourth-order valence-electron chi connectivity index (χ4n) is 3.83. The molecule has 0 unspecified atom stereocenters. The first-order valence-corrected chi connectivity index (χ1v) is 10.2. The lowest BCUT2D eigenvalue weighted by Gasteiger charge is -2.29. The van der Waals surface area contributed by atoms with Crippen molar-refractivity contribution in [2.24, 2.45) is 7.05 Å². The zero-order chi connectivity index (χ0) is 21.4. The lowest BCUT2D eigenvalue weighted by molar-refractivity contribution is 0.137. The second kappa shape index (κ2) is 8.16. The highest BCUT2D eigenvalue weighted by Crippen LogP contribution is 2.35. The van der Waals surface area contributed by atoms with Crippen LogP contribution < -0.4 is 20.9 Å². The Morgan fingerprint density at radius 1 is 1.23 bits per heavy atom. The van der Waals surface area contributed by atoms with Crippen molar-refractivity contribution < 1.29 is 9.47 Å². The molecule has 160 valence electrons. The summed E-state index contributed by atoms with van der Waals surface area (Å²) in [5.41, 5.74) is 0.897. The van der Waals surface area contributed by atoms with Crippen LogP contribution in [0.4, 0.5) is 11.6 Å². The number of halogens is 1. The van der Waals surface area contributed by atoms with E-state index in [9.17, 15) is 9.59 Å². The monoisotopic (exact) mass is 433 g/mol. The van der Waals surface area contributed by atoms with Crippen LogP contribution in [-0.2, 0) is 24.9 Å². The van der Waals surface area contributed by atoms with E-state index in [1.54, 1.807) is 20.2 Å². The van der Waals surface area contributed by atoms with E-state index in [1.807, 2.05) is 28.5 Å². The average Bonchev–Trinajstić information content (AvgIpc) is 3.14. The number of imidazole rings is 1. The van der Waals surface area contributed by atoms with E-state index in [0.717, 1.165) is 18.7 Å². The van der Waals surface area contributed by atoms with E-state index < -0.39 is 5.69 Å². The van der Waals surface area contributed by atoms with E-state index >= 15 is 0 Å². The van der Waals surface area contributed by atoms with Crippen molar-refractivity contribution in [1.82, 2.24) is 18.7 Å². The summed E-state index contributed by atoms with van der Waals surface area (Å²) in [4.78, 5) is 32.6. The van der Waals surface area contributed by atoms with Gasteiger partial charge in [0.05, 0.1) is 25.3 Å². The first kappa shape index (κ1) is 20.5. The molecule has 3 aromatic rings. The highest BCUT2D eigenvalue weighted by atomic mass is 35.5. The smallest absolute Gasteiger partial charge is 0.332 e. The number of aromatic nitrogens is 4. The highest BCUT2D eigenvalue weighted by Gasteiger charge is 2.27. The number of aryl methyl sites for hydroxylation is 2. The molecule has 0 aliphatic carbocycles.